The van der Waals surface area contributed by atoms with E-state index in [4.69, 9.17) is 46.9 Å². The molecule has 7 N–H and O–H groups in total. The maximum Gasteiger partial charge on any atom is 0.269 e. The first kappa shape index (κ1) is 76.8. The van der Waals surface area contributed by atoms with Gasteiger partial charge in [0.05, 0.1) is 65.5 Å². The molecule has 27 heteroatoms. The SMILES string of the molecule is Brc1ccc2c(c1)-c1nc(I)c(CN3CCCC3)n1CCO2.Brc1ccc2c(c1)-c1nc(I)cn1CCO2.C#CC(C)(C)O.C1CCNC1.CC(C)(O)C#Cc1ccc2c(c1)-c1nc(C(N)=O)c(CN3CCCC3)n1CCO2.NC(=O)c1nc2n(c1CN1CCCC1)CCOc1ccc(Br)cc1-2. The molecule has 0 saturated carbocycles. The molecule has 2 amide bonds. The molecule has 4 aromatic heterocycles. The second kappa shape index (κ2) is 35.2. The van der Waals surface area contributed by atoms with Crippen molar-refractivity contribution in [1.82, 2.24) is 58.2 Å². The summed E-state index contributed by atoms with van der Waals surface area (Å²) in [5, 5.41) is 21.7. The maximum atomic E-state index is 12.1. The minimum Gasteiger partial charge on any atom is -0.491 e. The van der Waals surface area contributed by atoms with Crippen molar-refractivity contribution in [1.29, 1.82) is 0 Å². The first-order valence-corrected chi connectivity index (χ1v) is 39.2. The van der Waals surface area contributed by atoms with Crippen LogP contribution in [0.5, 0.6) is 23.0 Å². The number of terminal acetylenes is 1. The van der Waals surface area contributed by atoms with Crippen LogP contribution in [0.25, 0.3) is 45.6 Å². The van der Waals surface area contributed by atoms with Gasteiger partial charge < -0.3 is 64.2 Å². The van der Waals surface area contributed by atoms with Crippen molar-refractivity contribution in [3.8, 4) is 92.7 Å². The number of rotatable bonds is 8. The molecular formula is C75H87Br3I2N14O8. The van der Waals surface area contributed by atoms with Crippen LogP contribution >= 0.6 is 93.0 Å². The number of primary amides is 2. The molecule has 8 aliphatic rings. The third-order valence-electron chi connectivity index (χ3n) is 18.0. The number of aliphatic hydroxyl groups is 2. The Bertz CT molecular complexity index is 4390. The van der Waals surface area contributed by atoms with Crippen LogP contribution in [0.4, 0.5) is 0 Å². The second-order valence-corrected chi connectivity index (χ2v) is 31.7. The molecule has 4 aromatic carbocycles. The van der Waals surface area contributed by atoms with Gasteiger partial charge in [0.25, 0.3) is 11.8 Å². The number of carbonyl (C=O) groups excluding carboxylic acids is 2. The predicted molar refractivity (Wildman–Crippen MR) is 422 cm³/mol. The predicted octanol–water partition coefficient (Wildman–Crippen LogP) is 12.1. The number of nitrogens with one attached hydrogen (secondary N) is 1. The quantitative estimate of drug-likeness (QED) is 0.0700. The fraction of sp³-hybridized carbons (Fsp3) is 0.440. The van der Waals surface area contributed by atoms with E-state index in [-0.39, 0.29) is 0 Å². The van der Waals surface area contributed by atoms with Crippen molar-refractivity contribution in [2.75, 3.05) is 78.8 Å². The third-order valence-corrected chi connectivity index (χ3v) is 20.9. The van der Waals surface area contributed by atoms with Gasteiger partial charge in [-0.1, -0.05) is 65.6 Å². The van der Waals surface area contributed by atoms with Gasteiger partial charge >= 0.3 is 0 Å². The molecule has 0 radical (unpaired) electrons. The van der Waals surface area contributed by atoms with Crippen molar-refractivity contribution in [2.45, 2.75) is 136 Å². The molecule has 4 fully saturated rings. The Kier molecular flexibility index (Phi) is 26.5. The summed E-state index contributed by atoms with van der Waals surface area (Å²) in [5.74, 6) is 13.8. The van der Waals surface area contributed by atoms with Crippen molar-refractivity contribution >= 4 is 105 Å². The molecule has 22 nitrogen and oxygen atoms in total. The van der Waals surface area contributed by atoms with Crippen LogP contribution in [0.1, 0.15) is 123 Å². The lowest BCUT2D eigenvalue weighted by molar-refractivity contribution is 0.0985. The van der Waals surface area contributed by atoms with Gasteiger partial charge in [-0.3, -0.25) is 24.3 Å². The Morgan fingerprint density at radius 2 is 0.892 bits per heavy atom. The molecule has 0 bridgehead atoms. The number of ether oxygens (including phenoxy) is 4. The van der Waals surface area contributed by atoms with Gasteiger partial charge in [0.2, 0.25) is 0 Å². The van der Waals surface area contributed by atoms with Gasteiger partial charge in [0, 0.05) is 44.8 Å². The number of nitrogens with zero attached hydrogens (tertiary/aromatic N) is 11. The molecule has 8 aliphatic heterocycles. The second-order valence-electron chi connectivity index (χ2n) is 26.8. The molecule has 12 heterocycles. The molecule has 540 valence electrons. The molecule has 4 saturated heterocycles. The summed E-state index contributed by atoms with van der Waals surface area (Å²) in [6, 6.07) is 23.6. The lowest BCUT2D eigenvalue weighted by Gasteiger charge is -2.17. The fourth-order valence-corrected chi connectivity index (χ4v) is 15.4. The van der Waals surface area contributed by atoms with Gasteiger partial charge in [0.1, 0.15) is 91.3 Å². The molecular weight excluding hydrogens is 1720 g/mol. The molecule has 0 aliphatic carbocycles. The van der Waals surface area contributed by atoms with E-state index in [1.165, 1.54) is 83.2 Å². The van der Waals surface area contributed by atoms with E-state index < -0.39 is 23.0 Å². The summed E-state index contributed by atoms with van der Waals surface area (Å²) in [6.45, 7) is 23.2. The Hall–Kier alpha value is -6.36. The summed E-state index contributed by atoms with van der Waals surface area (Å²) in [4.78, 5) is 49.9. The molecule has 0 atom stereocenters. The highest BCUT2D eigenvalue weighted by Gasteiger charge is 2.31. The van der Waals surface area contributed by atoms with E-state index in [1.54, 1.807) is 27.7 Å². The minimum absolute atomic E-state index is 0.327. The number of nitrogens with two attached hydrogens (primary N) is 2. The largest absolute Gasteiger partial charge is 0.491 e. The van der Waals surface area contributed by atoms with E-state index in [9.17, 15) is 14.7 Å². The standard InChI is InChI=1S/C22H26N4O3.C17H19BrN4O2.C16H17BrIN3O.C11H8BrIN2O.C5H8O.C4H9N/c1-22(2,28)8-7-15-5-6-18-16(13-15)21-24-19(20(23)27)17(26(21)11-12-29-18)14-25-9-3-4-10-25;18-11-3-4-14-12(9-11)17-20-15(16(19)23)13(22(17)7-8-24-14)10-21-5-1-2-6-21;17-11-3-4-14-12(9-11)16-19-15(18)13(21(16)7-8-22-14)10-20-5-1-2-6-20;12-7-1-2-9-8(5-7)11-14-10(13)6-15(11)3-4-16-9;1-4-5(2,3)6;1-2-4-5-3-1/h5-6,13,28H,3-4,9-12,14H2,1-2H3,(H2,23,27);3-4,9H,1-2,5-8,10H2,(H2,19,23);3-4,9H,1-2,5-8,10H2;1-2,5-6H,3-4H2;1,6H,2-3H3;5H,1-4H2. The van der Waals surface area contributed by atoms with Crippen LogP contribution in [-0.4, -0.2) is 165 Å². The van der Waals surface area contributed by atoms with Crippen molar-refractivity contribution in [3.63, 3.8) is 0 Å². The normalized spacial score (nSPS) is 16.4. The molecule has 8 aromatic rings. The van der Waals surface area contributed by atoms with E-state index in [1.807, 2.05) is 60.7 Å². The summed E-state index contributed by atoms with van der Waals surface area (Å²) < 4.78 is 37.2. The van der Waals surface area contributed by atoms with Crippen LogP contribution in [-0.2, 0) is 45.8 Å². The summed E-state index contributed by atoms with van der Waals surface area (Å²) in [6.07, 6.45) is 17.0. The number of hydrogen-bond donors (Lipinski definition) is 5. The number of aromatic nitrogens is 8. The summed E-state index contributed by atoms with van der Waals surface area (Å²) >= 11 is 15.2. The van der Waals surface area contributed by atoms with Gasteiger partial charge in [-0.2, -0.15) is 0 Å². The van der Waals surface area contributed by atoms with Crippen LogP contribution in [0.3, 0.4) is 0 Å². The van der Waals surface area contributed by atoms with E-state index in [0.29, 0.717) is 75.6 Å². The average Bonchev–Trinajstić information content (AvgIpc) is 1.65. The minimum atomic E-state index is -1.08. The zero-order valence-corrected chi connectivity index (χ0v) is 67.1. The number of likely N-dealkylation sites (tertiary alicyclic amines) is 3. The van der Waals surface area contributed by atoms with Crippen LogP contribution in [0.15, 0.2) is 92.4 Å². The smallest absolute Gasteiger partial charge is 0.269 e. The van der Waals surface area contributed by atoms with Crippen LogP contribution < -0.4 is 35.7 Å². The molecule has 102 heavy (non-hydrogen) atoms. The highest BCUT2D eigenvalue weighted by atomic mass is 127. The Balaban J connectivity index is 0.000000132. The Morgan fingerprint density at radius 3 is 1.28 bits per heavy atom. The number of amides is 2. The van der Waals surface area contributed by atoms with Gasteiger partial charge in [-0.15, -0.1) is 6.42 Å². The van der Waals surface area contributed by atoms with Gasteiger partial charge in [0.15, 0.2) is 11.4 Å². The van der Waals surface area contributed by atoms with E-state index >= 15 is 0 Å². The number of halogens is 5. The van der Waals surface area contributed by atoms with Crippen molar-refractivity contribution in [2.24, 2.45) is 11.5 Å². The number of fused-ring (bicyclic) bond motifs is 12. The van der Waals surface area contributed by atoms with Crippen LogP contribution in [0.2, 0.25) is 0 Å². The summed E-state index contributed by atoms with van der Waals surface area (Å²) in [5.41, 5.74) is 17.6. The number of benzene rings is 4. The monoisotopic (exact) mass is 1800 g/mol. The van der Waals surface area contributed by atoms with E-state index in [0.717, 1.165) is 141 Å². The Labute approximate surface area is 649 Å². The van der Waals surface area contributed by atoms with Gasteiger partial charge in [-0.05, 0) is 249 Å². The number of imidazole rings is 4. The first-order chi connectivity index (χ1) is 49.0. The van der Waals surface area contributed by atoms with Gasteiger partial charge in [-0.25, -0.2) is 19.9 Å². The fourth-order valence-electron chi connectivity index (χ4n) is 13.0. The zero-order chi connectivity index (χ0) is 72.2. The Morgan fingerprint density at radius 1 is 0.520 bits per heavy atom. The van der Waals surface area contributed by atoms with Crippen molar-refractivity contribution < 1.29 is 38.7 Å². The first-order valence-electron chi connectivity index (χ1n) is 34.6. The lowest BCUT2D eigenvalue weighted by atomic mass is 10.1. The number of hydrogen-bond acceptors (Lipinski definition) is 16. The van der Waals surface area contributed by atoms with Crippen molar-refractivity contribution in [3.05, 3.63) is 134 Å². The topological polar surface area (TPSA) is 257 Å². The molecule has 0 spiro atoms. The zero-order valence-electron chi connectivity index (χ0n) is 58.0. The lowest BCUT2D eigenvalue weighted by Crippen LogP contribution is -2.24. The van der Waals surface area contributed by atoms with Crippen LogP contribution in [0, 0.1) is 31.6 Å². The molecule has 0 unspecified atom stereocenters. The highest BCUT2D eigenvalue weighted by molar-refractivity contribution is 14.1. The number of carbonyl (C=O) groups is 2. The van der Waals surface area contributed by atoms with E-state index in [2.05, 4.69) is 182 Å². The third kappa shape index (κ3) is 20.0. The maximum absolute atomic E-state index is 12.1. The highest BCUT2D eigenvalue weighted by Crippen LogP contribution is 2.40. The average molecular weight is 1810 g/mol. The molecule has 16 rings (SSSR count). The summed E-state index contributed by atoms with van der Waals surface area (Å²) in [7, 11) is 0.